The molecule has 1 aromatic heterocycles. The Hall–Kier alpha value is 8.80. The van der Waals surface area contributed by atoms with E-state index in [1.54, 1.807) is 27.1 Å². The van der Waals surface area contributed by atoms with E-state index in [-0.39, 0.29) is 0 Å². The molecule has 0 aliphatic heterocycles. The molecule has 0 aliphatic rings. The summed E-state index contributed by atoms with van der Waals surface area (Å²) in [7, 11) is 0. The molecule has 0 amide bonds. The van der Waals surface area contributed by atoms with Crippen LogP contribution in [0.1, 0.15) is 11.1 Å². The molecule has 3 nitrogen and oxygen atoms in total. The molecule has 128 valence electrons. The molecule has 0 N–H and O–H groups in total. The molecule has 4 aromatic rings. The van der Waals surface area contributed by atoms with Gasteiger partial charge in [-0.2, -0.15) is 0 Å². The van der Waals surface area contributed by atoms with Gasteiger partial charge in [0.15, 0.2) is 0 Å². The summed E-state index contributed by atoms with van der Waals surface area (Å²) in [5.41, 5.74) is 11.4. The molecule has 0 bridgehead atoms. The molecule has 0 spiro atoms. The average Bonchev–Trinajstić information content (AvgIpc) is 3.25. The minimum atomic E-state index is 0.333. The standard InChI is InChI=1S/C20H8N2O.8Ra.8H/c1-13-3-7-15(8-4-13)17-11-12-18(20-19(17)21-23-22-20)16-9-5-14(2)6-10-16;;;;;;;;;;;;;;;;/h11-12H,1-2H3;;;;;;;;;;;;;;;;. The van der Waals surface area contributed by atoms with Gasteiger partial charge in [-0.05, 0) is 0 Å². The third-order valence-corrected chi connectivity index (χ3v) is 121. The molecular formula is C20H16N2ORa8. The zero-order valence-electron chi connectivity index (χ0n) is 20.5. The Morgan fingerprint density at radius 3 is 1.10 bits per heavy atom. The fourth-order valence-electron chi connectivity index (χ4n) is 5.08. The van der Waals surface area contributed by atoms with Gasteiger partial charge in [-0.3, -0.25) is 0 Å². The van der Waals surface area contributed by atoms with E-state index in [1.807, 2.05) is 0 Å². The number of benzene rings is 3. The maximum absolute atomic E-state index is 5.45. The molecule has 31 heavy (non-hydrogen) atoms. The van der Waals surface area contributed by atoms with Gasteiger partial charge in [0, 0.05) is 0 Å². The molecule has 0 unspecified atom stereocenters. The normalized spacial score (nSPS) is 11.0. The van der Waals surface area contributed by atoms with Crippen molar-refractivity contribution < 1.29 is 347 Å². The van der Waals surface area contributed by atoms with Crippen LogP contribution in [0.5, 0.6) is 0 Å². The quantitative estimate of drug-likeness (QED) is 0.209. The Bertz CT molecular complexity index is 1230. The van der Waals surface area contributed by atoms with Gasteiger partial charge in [-0.1, -0.05) is 0 Å². The number of rotatable bonds is 2. The topological polar surface area (TPSA) is 38.9 Å². The summed E-state index contributed by atoms with van der Waals surface area (Å²) in [6, 6.07) is 4.83. The van der Waals surface area contributed by atoms with Crippen LogP contribution in [0.15, 0.2) is 16.8 Å². The monoisotopic (exact) mass is 2110 g/mol. The van der Waals surface area contributed by atoms with Crippen molar-refractivity contribution in [3.63, 3.8) is 0 Å². The van der Waals surface area contributed by atoms with Gasteiger partial charge in [0.05, 0.1) is 0 Å². The Kier molecular flexibility index (Phi) is 15.3. The molecule has 0 atom stereocenters. The first-order valence-corrected chi connectivity index (χ1v) is 43.9. The van der Waals surface area contributed by atoms with Gasteiger partial charge in [0.25, 0.3) is 0 Å². The molecule has 11 heteroatoms. The first kappa shape index (κ1) is 32.7. The number of fused-ring (bicyclic) bond motifs is 1. The summed E-state index contributed by atoms with van der Waals surface area (Å²) in [5.74, 6) is 0. The Morgan fingerprint density at radius 1 is 0.516 bits per heavy atom. The van der Waals surface area contributed by atoms with Crippen LogP contribution in [0.4, 0.5) is 0 Å². The van der Waals surface area contributed by atoms with Gasteiger partial charge < -0.3 is 0 Å². The second-order valence-corrected chi connectivity index (χ2v) is 42.0. The molecule has 0 saturated carbocycles. The predicted molar refractivity (Wildman–Crippen MR) is 100 cm³/mol. The van der Waals surface area contributed by atoms with Gasteiger partial charge in [0.1, 0.15) is 0 Å². The van der Waals surface area contributed by atoms with E-state index in [0.29, 0.717) is 342 Å². The van der Waals surface area contributed by atoms with E-state index < -0.39 is 0 Å². The van der Waals surface area contributed by atoms with Crippen LogP contribution in [0.2, 0.25) is 0 Å². The van der Waals surface area contributed by atoms with Crippen LogP contribution in [0.25, 0.3) is 33.3 Å². The van der Waals surface area contributed by atoms with Gasteiger partial charge in [-0.15, -0.1) is 0 Å². The van der Waals surface area contributed by atoms with Crippen LogP contribution < -0.4 is 4.83 Å². The summed E-state index contributed by atoms with van der Waals surface area (Å²) in [4.78, 5) is 0. The average molecular weight is 2110 g/mol. The Balaban J connectivity index is 2.08. The SMILES string of the molecule is Cc1[c]([RaH])[c]([RaH])c(-c2ccc(-c3[c]([RaH])[c]([RaH])c(C)[c]([RaH])[c]3[RaH])c3nonc23)[c]([RaH])[c]1[RaH]. The van der Waals surface area contributed by atoms with E-state index >= 15 is 0 Å². The number of nitrogens with zero attached hydrogens (tertiary/aromatic N) is 2. The fourth-order valence-corrected chi connectivity index (χ4v) is 65.9. The molecule has 0 radical (unpaired) electrons. The zero-order chi connectivity index (χ0) is 22.8. The van der Waals surface area contributed by atoms with Gasteiger partial charge in [0.2, 0.25) is 0 Å². The van der Waals surface area contributed by atoms with Gasteiger partial charge >= 0.3 is 433 Å². The molecule has 4 rings (SSSR count). The third kappa shape index (κ3) is 6.82. The Morgan fingerprint density at radius 2 is 0.806 bits per heavy atom. The van der Waals surface area contributed by atoms with Crippen molar-refractivity contribution in [3.8, 4) is 22.3 Å². The van der Waals surface area contributed by atoms with Crippen molar-refractivity contribution in [1.29, 1.82) is 0 Å². The van der Waals surface area contributed by atoms with Crippen LogP contribution in [0, 0.1) is 356 Å². The van der Waals surface area contributed by atoms with Crippen molar-refractivity contribution in [2.45, 2.75) is 13.8 Å². The van der Waals surface area contributed by atoms with Crippen molar-refractivity contribution >= 4 is 15.9 Å². The molecule has 3 aromatic carbocycles. The summed E-state index contributed by atoms with van der Waals surface area (Å²) in [5, 5.41) is 9.07. The maximum atomic E-state index is 5.45. The number of hydrogen-bond donors (Lipinski definition) is 0. The molecule has 0 fully saturated rings. The second-order valence-electron chi connectivity index (χ2n) is 9.12. The zero-order valence-corrected chi connectivity index (χ0v) is 86.2. The molecular weight excluding hydrogens is 2090 g/mol. The van der Waals surface area contributed by atoms with E-state index in [4.69, 9.17) is 4.63 Å². The Labute approximate surface area is 416 Å². The molecule has 1 heterocycles. The third-order valence-electron chi connectivity index (χ3n) is 7.95. The summed E-state index contributed by atoms with van der Waals surface area (Å²) in [6.45, 7) is 4.84. The minimum absolute atomic E-state index is 0.333. The van der Waals surface area contributed by atoms with E-state index in [1.165, 1.54) is 11.1 Å². The van der Waals surface area contributed by atoms with Crippen molar-refractivity contribution in [1.82, 2.24) is 10.3 Å². The van der Waals surface area contributed by atoms with E-state index in [0.717, 1.165) is 11.0 Å². The second kappa shape index (κ2) is 14.5. The van der Waals surface area contributed by atoms with Crippen molar-refractivity contribution in [3.05, 3.63) is 23.3 Å². The summed E-state index contributed by atoms with van der Waals surface area (Å²) >= 11 is 2.94. The van der Waals surface area contributed by atoms with Crippen molar-refractivity contribution in [2.75, 3.05) is 0 Å². The number of aromatic nitrogens is 2. The summed E-state index contributed by atoms with van der Waals surface area (Å²) in [6.07, 6.45) is 0. The van der Waals surface area contributed by atoms with Gasteiger partial charge in [-0.25, -0.2) is 0 Å². The first-order valence-electron chi connectivity index (χ1n) is 11.0. The molecule has 0 saturated heterocycles. The van der Waals surface area contributed by atoms with Crippen LogP contribution in [0.3, 0.4) is 0 Å². The summed E-state index contributed by atoms with van der Waals surface area (Å²) < 4.78 is 19.7. The predicted octanol–water partition coefficient (Wildman–Crippen LogP) is -3.57. The molecule has 0 aliphatic carbocycles. The number of hydrogen-bond acceptors (Lipinski definition) is 3. The van der Waals surface area contributed by atoms with Crippen LogP contribution >= 0.6 is 0 Å². The fraction of sp³-hybridized carbons (Fsp3) is 0.100. The van der Waals surface area contributed by atoms with Crippen LogP contribution in [-0.4, -0.2) is 10.3 Å². The van der Waals surface area contributed by atoms with E-state index in [2.05, 4.69) is 36.3 Å². The van der Waals surface area contributed by atoms with Crippen LogP contribution in [-0.2, 0) is 0 Å². The van der Waals surface area contributed by atoms with Crippen molar-refractivity contribution in [2.24, 2.45) is 0 Å². The first-order chi connectivity index (χ1) is 14.6. The van der Waals surface area contributed by atoms with E-state index in [9.17, 15) is 0 Å².